The monoisotopic (exact) mass is 440 g/mol. The van der Waals surface area contributed by atoms with Crippen molar-refractivity contribution in [2.45, 2.75) is 19.5 Å². The Hall–Kier alpha value is -3.13. The summed E-state index contributed by atoms with van der Waals surface area (Å²) >= 11 is 0. The average molecular weight is 441 g/mol. The molecule has 0 radical (unpaired) electrons. The van der Waals surface area contributed by atoms with Crippen LogP contribution in [0.3, 0.4) is 0 Å². The van der Waals surface area contributed by atoms with Gasteiger partial charge in [-0.2, -0.15) is 5.10 Å². The Balaban J connectivity index is 1.25. The van der Waals surface area contributed by atoms with Crippen molar-refractivity contribution >= 4 is 10.9 Å². The van der Waals surface area contributed by atoms with Crippen LogP contribution in [0.4, 0.5) is 0 Å². The molecule has 0 atom stereocenters. The molecule has 0 N–H and O–H groups in total. The van der Waals surface area contributed by atoms with Crippen LogP contribution in [-0.4, -0.2) is 68.9 Å². The predicted molar refractivity (Wildman–Crippen MR) is 128 cm³/mol. The summed E-state index contributed by atoms with van der Waals surface area (Å²) in [5.41, 5.74) is 6.77. The number of hydrogen-bond donors (Lipinski definition) is 0. The van der Waals surface area contributed by atoms with Crippen LogP contribution in [0.25, 0.3) is 27.7 Å². The van der Waals surface area contributed by atoms with Gasteiger partial charge in [0.05, 0.1) is 36.3 Å². The topological polar surface area (TPSA) is 59.3 Å². The molecule has 0 amide bonds. The fourth-order valence-corrected chi connectivity index (χ4v) is 4.62. The first kappa shape index (κ1) is 20.5. The zero-order valence-electron chi connectivity index (χ0n) is 18.7. The summed E-state index contributed by atoms with van der Waals surface area (Å²) in [5, 5.41) is 5.81. The van der Waals surface area contributed by atoms with E-state index in [1.807, 2.05) is 35.5 Å². The lowest BCUT2D eigenvalue weighted by Crippen LogP contribution is -2.36. The molecule has 33 heavy (non-hydrogen) atoms. The van der Waals surface area contributed by atoms with Gasteiger partial charge in [0, 0.05) is 55.7 Å². The molecule has 3 aromatic heterocycles. The number of morpholine rings is 1. The van der Waals surface area contributed by atoms with Gasteiger partial charge in [-0.15, -0.1) is 0 Å². The molecule has 0 spiro atoms. The van der Waals surface area contributed by atoms with E-state index in [-0.39, 0.29) is 0 Å². The van der Waals surface area contributed by atoms with Crippen LogP contribution < -0.4 is 0 Å². The van der Waals surface area contributed by atoms with Crippen LogP contribution in [0.15, 0.2) is 61.2 Å². The van der Waals surface area contributed by atoms with Crippen LogP contribution in [0.5, 0.6) is 0 Å². The van der Waals surface area contributed by atoms with Crippen molar-refractivity contribution < 1.29 is 4.74 Å². The van der Waals surface area contributed by atoms with Gasteiger partial charge in [-0.25, -0.2) is 4.68 Å². The lowest BCUT2D eigenvalue weighted by atomic mass is 10.0. The minimum atomic E-state index is 0.811. The molecule has 168 valence electrons. The minimum Gasteiger partial charge on any atom is -0.379 e. The van der Waals surface area contributed by atoms with Crippen LogP contribution in [0.1, 0.15) is 17.7 Å². The first-order valence-corrected chi connectivity index (χ1v) is 11.7. The predicted octanol–water partition coefficient (Wildman–Crippen LogP) is 3.52. The number of nitrogens with zero attached hydrogens (tertiary/aromatic N) is 6. The van der Waals surface area contributed by atoms with E-state index in [0.717, 1.165) is 72.8 Å². The normalized spacial score (nSPS) is 17.3. The van der Waals surface area contributed by atoms with E-state index in [1.165, 1.54) is 25.1 Å². The van der Waals surface area contributed by atoms with E-state index in [1.54, 1.807) is 0 Å². The van der Waals surface area contributed by atoms with Gasteiger partial charge < -0.3 is 4.74 Å². The largest absolute Gasteiger partial charge is 0.379 e. The van der Waals surface area contributed by atoms with Gasteiger partial charge >= 0.3 is 0 Å². The molecular weight excluding hydrogens is 412 g/mol. The fraction of sp³-hybridized carbons (Fsp3) is 0.346. The molecule has 4 aromatic rings. The van der Waals surface area contributed by atoms with Crippen LogP contribution in [0.2, 0.25) is 0 Å². The zero-order valence-corrected chi connectivity index (χ0v) is 18.7. The van der Waals surface area contributed by atoms with Crippen LogP contribution >= 0.6 is 0 Å². The number of hydrogen-bond acceptors (Lipinski definition) is 6. The molecule has 2 aliphatic rings. The highest BCUT2D eigenvalue weighted by molar-refractivity contribution is 5.85. The number of benzene rings is 1. The van der Waals surface area contributed by atoms with Gasteiger partial charge in [0.2, 0.25) is 0 Å². The van der Waals surface area contributed by atoms with Gasteiger partial charge in [-0.1, -0.05) is 6.07 Å². The number of aromatic nitrogens is 4. The molecule has 6 rings (SSSR count). The Bertz CT molecular complexity index is 1260. The Kier molecular flexibility index (Phi) is 5.59. The number of rotatable bonds is 6. The Morgan fingerprint density at radius 1 is 0.818 bits per heavy atom. The molecule has 1 aromatic carbocycles. The van der Waals surface area contributed by atoms with E-state index in [4.69, 9.17) is 9.84 Å². The summed E-state index contributed by atoms with van der Waals surface area (Å²) in [7, 11) is 0. The van der Waals surface area contributed by atoms with Crippen molar-refractivity contribution in [2.24, 2.45) is 0 Å². The molecule has 0 saturated carbocycles. The number of ether oxygens (including phenoxy) is 1. The highest BCUT2D eigenvalue weighted by Crippen LogP contribution is 2.27. The number of likely N-dealkylation sites (tertiary alicyclic amines) is 1. The first-order chi connectivity index (χ1) is 16.3. The molecule has 0 bridgehead atoms. The maximum atomic E-state index is 5.47. The van der Waals surface area contributed by atoms with Crippen molar-refractivity contribution in [3.8, 4) is 16.8 Å². The summed E-state index contributed by atoms with van der Waals surface area (Å²) < 4.78 is 7.47. The molecule has 2 saturated heterocycles. The Labute approximate surface area is 193 Å². The number of fused-ring (bicyclic) bond motifs is 1. The van der Waals surface area contributed by atoms with E-state index in [2.05, 4.69) is 50.1 Å². The second kappa shape index (κ2) is 9.02. The fourth-order valence-electron chi connectivity index (χ4n) is 4.62. The third-order valence-corrected chi connectivity index (χ3v) is 6.59. The highest BCUT2D eigenvalue weighted by Gasteiger charge is 2.15. The molecule has 0 aliphatic carbocycles. The molecule has 2 fully saturated rings. The Morgan fingerprint density at radius 2 is 1.70 bits per heavy atom. The lowest BCUT2D eigenvalue weighted by molar-refractivity contribution is 0.0341. The smallest absolute Gasteiger partial charge is 0.0741 e. The molecule has 2 aliphatic heterocycles. The zero-order chi connectivity index (χ0) is 22.0. The van der Waals surface area contributed by atoms with Crippen LogP contribution in [0, 0.1) is 0 Å². The SMILES string of the molecule is c1cc(-n2ncc3cc(-c4cncc(CN5CCOCC5)c4)ccc32)cc(CN2CCC2)n1. The highest BCUT2D eigenvalue weighted by atomic mass is 16.5. The molecule has 7 heteroatoms. The van der Waals surface area contributed by atoms with E-state index >= 15 is 0 Å². The van der Waals surface area contributed by atoms with Gasteiger partial charge in [0.25, 0.3) is 0 Å². The minimum absolute atomic E-state index is 0.811. The van der Waals surface area contributed by atoms with Gasteiger partial charge in [0.15, 0.2) is 0 Å². The number of pyridine rings is 2. The third-order valence-electron chi connectivity index (χ3n) is 6.59. The van der Waals surface area contributed by atoms with Crippen LogP contribution in [-0.2, 0) is 17.8 Å². The maximum absolute atomic E-state index is 5.47. The quantitative estimate of drug-likeness (QED) is 0.457. The molecule has 5 heterocycles. The van der Waals surface area contributed by atoms with Gasteiger partial charge in [0.1, 0.15) is 0 Å². The van der Waals surface area contributed by atoms with E-state index in [9.17, 15) is 0 Å². The summed E-state index contributed by atoms with van der Waals surface area (Å²) in [5.74, 6) is 0. The second-order valence-corrected chi connectivity index (χ2v) is 8.94. The van der Waals surface area contributed by atoms with Crippen molar-refractivity contribution in [3.05, 3.63) is 72.4 Å². The molecular formula is C26H28N6O. The summed E-state index contributed by atoms with van der Waals surface area (Å²) in [6, 6.07) is 13.0. The van der Waals surface area contributed by atoms with Crippen molar-refractivity contribution in [1.82, 2.24) is 29.5 Å². The summed E-state index contributed by atoms with van der Waals surface area (Å²) in [4.78, 5) is 13.9. The second-order valence-electron chi connectivity index (χ2n) is 8.94. The Morgan fingerprint density at radius 3 is 2.55 bits per heavy atom. The first-order valence-electron chi connectivity index (χ1n) is 11.7. The maximum Gasteiger partial charge on any atom is 0.0741 e. The average Bonchev–Trinajstić information content (AvgIpc) is 3.26. The standard InChI is InChI=1S/C26H28N6O/c1-6-30(7-1)19-24-14-25(4-5-28-24)32-26-3-2-21(13-23(26)17-29-32)22-12-20(15-27-16-22)18-31-8-10-33-11-9-31/h2-5,12-17H,1,6-11,18-19H2. The third kappa shape index (κ3) is 4.39. The summed E-state index contributed by atoms with van der Waals surface area (Å²) in [6.07, 6.45) is 9.03. The van der Waals surface area contributed by atoms with E-state index < -0.39 is 0 Å². The van der Waals surface area contributed by atoms with E-state index in [0.29, 0.717) is 0 Å². The molecule has 0 unspecified atom stereocenters. The van der Waals surface area contributed by atoms with Crippen molar-refractivity contribution in [3.63, 3.8) is 0 Å². The van der Waals surface area contributed by atoms with Gasteiger partial charge in [-0.05, 0) is 61.0 Å². The summed E-state index contributed by atoms with van der Waals surface area (Å²) in [6.45, 7) is 7.73. The lowest BCUT2D eigenvalue weighted by Gasteiger charge is -2.30. The van der Waals surface area contributed by atoms with Gasteiger partial charge in [-0.3, -0.25) is 19.8 Å². The molecule has 7 nitrogen and oxygen atoms in total. The van der Waals surface area contributed by atoms with Crippen molar-refractivity contribution in [2.75, 3.05) is 39.4 Å². The van der Waals surface area contributed by atoms with Crippen molar-refractivity contribution in [1.29, 1.82) is 0 Å².